The molecule has 4 rings (SSSR count). The highest BCUT2D eigenvalue weighted by atomic mass is 19.3. The first kappa shape index (κ1) is 18.4. The Kier molecular flexibility index (Phi) is 5.18. The average molecular weight is 358 g/mol. The molecule has 142 valence electrons. The van der Waals surface area contributed by atoms with Gasteiger partial charge in [0.15, 0.2) is 0 Å². The van der Waals surface area contributed by atoms with Crippen molar-refractivity contribution in [2.24, 2.45) is 23.5 Å². The molecule has 0 radical (unpaired) electrons. The van der Waals surface area contributed by atoms with E-state index in [1.807, 2.05) is 0 Å². The molecule has 3 amide bonds. The molecule has 0 aromatic rings. The van der Waals surface area contributed by atoms with Crippen LogP contribution in [0.15, 0.2) is 0 Å². The molecule has 0 unspecified atom stereocenters. The van der Waals surface area contributed by atoms with Crippen LogP contribution in [0, 0.1) is 17.8 Å². The van der Waals surface area contributed by atoms with Crippen molar-refractivity contribution >= 4 is 11.9 Å². The van der Waals surface area contributed by atoms with E-state index in [1.165, 1.54) is 19.3 Å². The lowest BCUT2D eigenvalue weighted by atomic mass is 9.53. The number of halogens is 2. The number of amides is 3. The van der Waals surface area contributed by atoms with E-state index in [0.717, 1.165) is 37.0 Å². The molecular formula is C17H28F2N4O2. The lowest BCUT2D eigenvalue weighted by molar-refractivity contribution is -0.122. The minimum Gasteiger partial charge on any atom is -0.350 e. The summed E-state index contributed by atoms with van der Waals surface area (Å²) in [5.41, 5.74) is 4.83. The highest BCUT2D eigenvalue weighted by molar-refractivity contribution is 5.78. The van der Waals surface area contributed by atoms with Crippen LogP contribution < -0.4 is 21.7 Å². The second-order valence-electron chi connectivity index (χ2n) is 8.17. The van der Waals surface area contributed by atoms with E-state index in [9.17, 15) is 18.4 Å². The van der Waals surface area contributed by atoms with Crippen LogP contribution in [-0.2, 0) is 4.79 Å². The van der Waals surface area contributed by atoms with Gasteiger partial charge in [0.1, 0.15) is 0 Å². The second kappa shape index (κ2) is 7.05. The fraction of sp³-hybridized carbons (Fsp3) is 0.882. The molecule has 0 saturated heterocycles. The first-order valence-electron chi connectivity index (χ1n) is 9.20. The maximum absolute atomic E-state index is 13.0. The summed E-state index contributed by atoms with van der Waals surface area (Å²) < 4.78 is 25.9. The molecule has 25 heavy (non-hydrogen) atoms. The van der Waals surface area contributed by atoms with Crippen LogP contribution >= 0.6 is 0 Å². The normalized spacial score (nSPS) is 33.2. The molecular weight excluding hydrogens is 330 g/mol. The Bertz CT molecular complexity index is 491. The van der Waals surface area contributed by atoms with Gasteiger partial charge in [-0.05, 0) is 56.3 Å². The van der Waals surface area contributed by atoms with Crippen LogP contribution in [0.2, 0.25) is 0 Å². The quantitative estimate of drug-likeness (QED) is 0.553. The third-order valence-electron chi connectivity index (χ3n) is 5.90. The predicted octanol–water partition coefficient (Wildman–Crippen LogP) is 1.35. The number of alkyl halides is 2. The first-order chi connectivity index (χ1) is 11.8. The molecule has 0 atom stereocenters. The summed E-state index contributed by atoms with van der Waals surface area (Å²) in [7, 11) is 0. The van der Waals surface area contributed by atoms with Gasteiger partial charge < -0.3 is 21.7 Å². The van der Waals surface area contributed by atoms with E-state index in [4.69, 9.17) is 5.73 Å². The average Bonchev–Trinajstić information content (AvgIpc) is 2.51. The number of hydrogen-bond donors (Lipinski definition) is 4. The molecule has 0 heterocycles. The lowest BCUT2D eigenvalue weighted by Crippen LogP contribution is -2.61. The topological polar surface area (TPSA) is 96.2 Å². The highest BCUT2D eigenvalue weighted by Gasteiger charge is 2.51. The Balaban J connectivity index is 1.37. The molecule has 0 aliphatic heterocycles. The number of carbonyl (C=O) groups excluding carboxylic acids is 2. The summed E-state index contributed by atoms with van der Waals surface area (Å²) in [5, 5.41) is 7.96. The third-order valence-corrected chi connectivity index (χ3v) is 5.90. The molecule has 6 nitrogen and oxygen atoms in total. The molecule has 5 N–H and O–H groups in total. The number of rotatable bonds is 7. The standard InChI is InChI=1S/C17H28F2N4O2/c18-17(19,9-20)10-22-14(24)1-2-21-15(25)23-16-6-11-3-12(7-16)5-13(4-11)8-16/h11-13H,1-10,20H2,(H,22,24)(H2,21,23,25). The number of hydrogen-bond acceptors (Lipinski definition) is 3. The fourth-order valence-corrected chi connectivity index (χ4v) is 5.23. The van der Waals surface area contributed by atoms with E-state index >= 15 is 0 Å². The summed E-state index contributed by atoms with van der Waals surface area (Å²) in [5.74, 6) is -1.41. The van der Waals surface area contributed by atoms with Gasteiger partial charge in [0, 0.05) is 18.5 Å². The predicted molar refractivity (Wildman–Crippen MR) is 89.1 cm³/mol. The maximum Gasteiger partial charge on any atom is 0.315 e. The van der Waals surface area contributed by atoms with Gasteiger partial charge in [-0.2, -0.15) is 0 Å². The summed E-state index contributed by atoms with van der Waals surface area (Å²) in [6.45, 7) is -1.46. The molecule has 4 bridgehead atoms. The monoisotopic (exact) mass is 358 g/mol. The Morgan fingerprint density at radius 3 is 2.12 bits per heavy atom. The Morgan fingerprint density at radius 2 is 1.60 bits per heavy atom. The molecule has 4 fully saturated rings. The van der Waals surface area contributed by atoms with Gasteiger partial charge in [0.05, 0.1) is 13.1 Å². The van der Waals surface area contributed by atoms with Gasteiger partial charge in [-0.1, -0.05) is 0 Å². The Labute approximate surface area is 146 Å². The SMILES string of the molecule is NCC(F)(F)CNC(=O)CCNC(=O)NC12CC3CC(CC(C3)C1)C2. The van der Waals surface area contributed by atoms with E-state index in [0.29, 0.717) is 0 Å². The van der Waals surface area contributed by atoms with Gasteiger partial charge >= 0.3 is 6.03 Å². The summed E-state index contributed by atoms with van der Waals surface area (Å²) in [6.07, 6.45) is 7.04. The van der Waals surface area contributed by atoms with Crippen molar-refractivity contribution in [2.75, 3.05) is 19.6 Å². The van der Waals surface area contributed by atoms with Gasteiger partial charge in [0.25, 0.3) is 5.92 Å². The maximum atomic E-state index is 13.0. The first-order valence-corrected chi connectivity index (χ1v) is 9.20. The summed E-state index contributed by atoms with van der Waals surface area (Å²) in [6, 6.07) is -0.262. The van der Waals surface area contributed by atoms with Crippen molar-refractivity contribution in [1.82, 2.24) is 16.0 Å². The number of nitrogens with one attached hydrogen (secondary N) is 3. The van der Waals surface area contributed by atoms with Gasteiger partial charge in [0.2, 0.25) is 5.91 Å². The van der Waals surface area contributed by atoms with Crippen LogP contribution in [0.5, 0.6) is 0 Å². The van der Waals surface area contributed by atoms with Crippen molar-refractivity contribution in [3.63, 3.8) is 0 Å². The Morgan fingerprint density at radius 1 is 1.04 bits per heavy atom. The molecule has 0 spiro atoms. The van der Waals surface area contributed by atoms with E-state index in [-0.39, 0.29) is 24.5 Å². The number of urea groups is 1. The van der Waals surface area contributed by atoms with Crippen molar-refractivity contribution < 1.29 is 18.4 Å². The highest BCUT2D eigenvalue weighted by Crippen LogP contribution is 2.55. The third kappa shape index (κ3) is 4.59. The number of carbonyl (C=O) groups is 2. The van der Waals surface area contributed by atoms with Crippen LogP contribution in [-0.4, -0.2) is 43.0 Å². The van der Waals surface area contributed by atoms with Crippen LogP contribution in [0.1, 0.15) is 44.9 Å². The minimum absolute atomic E-state index is 0.0328. The molecule has 4 aliphatic rings. The Hall–Kier alpha value is -1.44. The van der Waals surface area contributed by atoms with Crippen LogP contribution in [0.3, 0.4) is 0 Å². The van der Waals surface area contributed by atoms with Gasteiger partial charge in [-0.25, -0.2) is 13.6 Å². The molecule has 0 aromatic carbocycles. The zero-order valence-corrected chi connectivity index (χ0v) is 14.5. The lowest BCUT2D eigenvalue weighted by Gasteiger charge is -2.56. The molecule has 0 aromatic heterocycles. The smallest absolute Gasteiger partial charge is 0.315 e. The van der Waals surface area contributed by atoms with Gasteiger partial charge in [-0.3, -0.25) is 4.79 Å². The van der Waals surface area contributed by atoms with Gasteiger partial charge in [-0.15, -0.1) is 0 Å². The molecule has 4 saturated carbocycles. The minimum atomic E-state index is -3.10. The number of nitrogens with two attached hydrogens (primary N) is 1. The zero-order valence-electron chi connectivity index (χ0n) is 14.5. The van der Waals surface area contributed by atoms with Crippen LogP contribution in [0.4, 0.5) is 13.6 Å². The van der Waals surface area contributed by atoms with Crippen molar-refractivity contribution in [2.45, 2.75) is 56.4 Å². The summed E-state index contributed by atoms with van der Waals surface area (Å²) in [4.78, 5) is 23.7. The van der Waals surface area contributed by atoms with Crippen molar-refractivity contribution in [3.8, 4) is 0 Å². The summed E-state index contributed by atoms with van der Waals surface area (Å²) >= 11 is 0. The molecule has 4 aliphatic carbocycles. The van der Waals surface area contributed by atoms with Crippen molar-refractivity contribution in [3.05, 3.63) is 0 Å². The van der Waals surface area contributed by atoms with Crippen LogP contribution in [0.25, 0.3) is 0 Å². The van der Waals surface area contributed by atoms with E-state index in [1.54, 1.807) is 0 Å². The largest absolute Gasteiger partial charge is 0.350 e. The second-order valence-corrected chi connectivity index (χ2v) is 8.17. The van der Waals surface area contributed by atoms with E-state index < -0.39 is 24.9 Å². The zero-order chi connectivity index (χ0) is 18.1. The fourth-order valence-electron chi connectivity index (χ4n) is 5.23. The van der Waals surface area contributed by atoms with Crippen molar-refractivity contribution in [1.29, 1.82) is 0 Å². The molecule has 8 heteroatoms. The van der Waals surface area contributed by atoms with E-state index in [2.05, 4.69) is 16.0 Å².